The molecular weight excluding hydrogens is 384 g/mol. The van der Waals surface area contributed by atoms with Gasteiger partial charge in [0.25, 0.3) is 0 Å². The highest BCUT2D eigenvalue weighted by molar-refractivity contribution is 7.97. The monoisotopic (exact) mass is 402 g/mol. The van der Waals surface area contributed by atoms with Gasteiger partial charge in [0, 0.05) is 27.6 Å². The zero-order valence-electron chi connectivity index (χ0n) is 14.4. The molecule has 0 bridgehead atoms. The summed E-state index contributed by atoms with van der Waals surface area (Å²) < 4.78 is 0. The second-order valence-electron chi connectivity index (χ2n) is 5.89. The van der Waals surface area contributed by atoms with Crippen LogP contribution in [0.4, 0.5) is 5.69 Å². The Balaban J connectivity index is 1.47. The number of aromatic nitrogens is 1. The molecule has 0 aliphatic rings. The van der Waals surface area contributed by atoms with Gasteiger partial charge in [0.15, 0.2) is 0 Å². The lowest BCUT2D eigenvalue weighted by atomic mass is 10.2. The number of benzene rings is 2. The molecule has 26 heavy (non-hydrogen) atoms. The number of amides is 1. The smallest absolute Gasteiger partial charge is 0.231 e. The number of aryl methyl sites for hydroxylation is 1. The Bertz CT molecular complexity index is 878. The summed E-state index contributed by atoms with van der Waals surface area (Å²) in [6, 6.07) is 15.7. The van der Waals surface area contributed by atoms with Crippen LogP contribution >= 0.6 is 34.7 Å². The number of halogens is 1. The van der Waals surface area contributed by atoms with Crippen molar-refractivity contribution in [2.24, 2.45) is 0 Å². The molecule has 3 nitrogen and oxygen atoms in total. The van der Waals surface area contributed by atoms with Gasteiger partial charge in [-0.05, 0) is 36.2 Å². The van der Waals surface area contributed by atoms with Crippen LogP contribution < -0.4 is 5.32 Å². The van der Waals surface area contributed by atoms with Crippen LogP contribution in [0, 0.1) is 6.92 Å². The number of thioether (sulfide) groups is 1. The van der Waals surface area contributed by atoms with Crippen molar-refractivity contribution in [3.05, 3.63) is 80.8 Å². The van der Waals surface area contributed by atoms with Gasteiger partial charge in [-0.3, -0.25) is 4.79 Å². The zero-order valence-corrected chi connectivity index (χ0v) is 16.8. The summed E-state index contributed by atoms with van der Waals surface area (Å²) in [5, 5.41) is 6.58. The van der Waals surface area contributed by atoms with Crippen LogP contribution in [-0.2, 0) is 22.7 Å². The molecule has 1 heterocycles. The highest BCUT2D eigenvalue weighted by Gasteiger charge is 2.09. The molecule has 0 spiro atoms. The lowest BCUT2D eigenvalue weighted by molar-refractivity contribution is -0.115. The van der Waals surface area contributed by atoms with Crippen LogP contribution in [0.1, 0.15) is 21.8 Å². The molecule has 1 aromatic heterocycles. The third kappa shape index (κ3) is 5.59. The van der Waals surface area contributed by atoms with E-state index >= 15 is 0 Å². The van der Waals surface area contributed by atoms with Crippen molar-refractivity contribution < 1.29 is 4.79 Å². The first-order valence-electron chi connectivity index (χ1n) is 8.21. The van der Waals surface area contributed by atoms with Crippen LogP contribution in [-0.4, -0.2) is 10.9 Å². The topological polar surface area (TPSA) is 42.0 Å². The summed E-state index contributed by atoms with van der Waals surface area (Å²) in [5.41, 5.74) is 4.17. The fourth-order valence-corrected chi connectivity index (χ4v) is 4.31. The van der Waals surface area contributed by atoms with Gasteiger partial charge in [0.1, 0.15) is 5.01 Å². The molecular formula is C20H19ClN2OS2. The van der Waals surface area contributed by atoms with Crippen molar-refractivity contribution in [3.8, 4) is 0 Å². The maximum Gasteiger partial charge on any atom is 0.231 e. The summed E-state index contributed by atoms with van der Waals surface area (Å²) in [5.74, 6) is 1.71. The Hall–Kier alpha value is -1.82. The van der Waals surface area contributed by atoms with Crippen molar-refractivity contribution in [1.82, 2.24) is 4.98 Å². The van der Waals surface area contributed by atoms with Crippen molar-refractivity contribution in [2.45, 2.75) is 24.9 Å². The minimum absolute atomic E-state index is 0.0333. The molecule has 6 heteroatoms. The number of carbonyl (C=O) groups is 1. The lowest BCUT2D eigenvalue weighted by Crippen LogP contribution is -2.15. The van der Waals surface area contributed by atoms with E-state index in [2.05, 4.69) is 10.3 Å². The third-order valence-corrected chi connectivity index (χ3v) is 5.95. The molecule has 0 aliphatic carbocycles. The average molecular weight is 403 g/mol. The van der Waals surface area contributed by atoms with Gasteiger partial charge in [-0.1, -0.05) is 41.9 Å². The van der Waals surface area contributed by atoms with Gasteiger partial charge in [0.05, 0.1) is 12.1 Å². The van der Waals surface area contributed by atoms with Gasteiger partial charge in [0.2, 0.25) is 5.91 Å². The molecule has 3 aromatic rings. The summed E-state index contributed by atoms with van der Waals surface area (Å²) in [7, 11) is 0. The fourth-order valence-electron chi connectivity index (χ4n) is 2.40. The Labute approximate surface area is 166 Å². The molecule has 0 fully saturated rings. The van der Waals surface area contributed by atoms with E-state index in [1.54, 1.807) is 11.8 Å². The largest absolute Gasteiger partial charge is 0.325 e. The zero-order chi connectivity index (χ0) is 18.4. The molecule has 1 N–H and O–H groups in total. The summed E-state index contributed by atoms with van der Waals surface area (Å²) >= 11 is 9.24. The minimum atomic E-state index is -0.0333. The van der Waals surface area contributed by atoms with E-state index in [0.29, 0.717) is 6.42 Å². The first-order chi connectivity index (χ1) is 12.6. The second kappa shape index (κ2) is 9.21. The normalized spacial score (nSPS) is 10.7. The van der Waals surface area contributed by atoms with Crippen LogP contribution in [0.3, 0.4) is 0 Å². The van der Waals surface area contributed by atoms with Crippen molar-refractivity contribution in [2.75, 3.05) is 5.32 Å². The predicted molar refractivity (Wildman–Crippen MR) is 112 cm³/mol. The number of hydrogen-bond acceptors (Lipinski definition) is 4. The number of rotatable bonds is 7. The van der Waals surface area contributed by atoms with E-state index in [1.165, 1.54) is 16.9 Å². The molecule has 0 saturated carbocycles. The average Bonchev–Trinajstić information content (AvgIpc) is 3.06. The maximum absolute atomic E-state index is 12.2. The molecule has 2 aromatic carbocycles. The Morgan fingerprint density at radius 3 is 2.69 bits per heavy atom. The first-order valence-corrected chi connectivity index (χ1v) is 10.6. The van der Waals surface area contributed by atoms with Gasteiger partial charge in [-0.25, -0.2) is 4.98 Å². The maximum atomic E-state index is 12.2. The highest BCUT2D eigenvalue weighted by atomic mass is 35.5. The first kappa shape index (κ1) is 19.0. The van der Waals surface area contributed by atoms with Crippen molar-refractivity contribution >= 4 is 46.3 Å². The number of para-hydroxylation sites is 1. The molecule has 0 aliphatic heterocycles. The lowest BCUT2D eigenvalue weighted by Gasteiger charge is -2.06. The molecule has 0 atom stereocenters. The Morgan fingerprint density at radius 1 is 1.15 bits per heavy atom. The van der Waals surface area contributed by atoms with E-state index in [0.717, 1.165) is 38.5 Å². The molecule has 0 radical (unpaired) electrons. The van der Waals surface area contributed by atoms with Crippen molar-refractivity contribution in [1.29, 1.82) is 0 Å². The summed E-state index contributed by atoms with van der Waals surface area (Å²) in [4.78, 5) is 16.8. The molecule has 134 valence electrons. The van der Waals surface area contributed by atoms with Crippen LogP contribution in [0.5, 0.6) is 0 Å². The number of hydrogen-bond donors (Lipinski definition) is 1. The fraction of sp³-hybridized carbons (Fsp3) is 0.200. The summed E-state index contributed by atoms with van der Waals surface area (Å²) in [6.07, 6.45) is 0.306. The van der Waals surface area contributed by atoms with E-state index in [1.807, 2.05) is 60.8 Å². The SMILES string of the molecule is Cc1ccccc1NC(=O)Cc1nc(CSCc2ccc(Cl)cc2)cs1. The van der Waals surface area contributed by atoms with Gasteiger partial charge >= 0.3 is 0 Å². The van der Waals surface area contributed by atoms with Gasteiger partial charge < -0.3 is 5.32 Å². The third-order valence-electron chi connectivity index (χ3n) is 3.76. The van der Waals surface area contributed by atoms with E-state index < -0.39 is 0 Å². The Kier molecular flexibility index (Phi) is 6.72. The van der Waals surface area contributed by atoms with Gasteiger partial charge in [-0.2, -0.15) is 11.8 Å². The number of thiazole rings is 1. The van der Waals surface area contributed by atoms with E-state index in [4.69, 9.17) is 11.6 Å². The predicted octanol–water partition coefficient (Wildman–Crippen LogP) is 5.72. The highest BCUT2D eigenvalue weighted by Crippen LogP contribution is 2.21. The quantitative estimate of drug-likeness (QED) is 0.549. The Morgan fingerprint density at radius 2 is 1.92 bits per heavy atom. The van der Waals surface area contributed by atoms with E-state index in [9.17, 15) is 4.79 Å². The van der Waals surface area contributed by atoms with Gasteiger partial charge in [-0.15, -0.1) is 11.3 Å². The second-order valence-corrected chi connectivity index (χ2v) is 8.26. The molecule has 1 amide bonds. The molecule has 0 saturated heterocycles. The minimum Gasteiger partial charge on any atom is -0.325 e. The number of nitrogens with one attached hydrogen (secondary N) is 1. The standard InChI is InChI=1S/C20H19ClN2OS2/c1-14-4-2-3-5-18(14)23-19(24)10-20-22-17(13-26-20)12-25-11-15-6-8-16(21)9-7-15/h2-9,13H,10-12H2,1H3,(H,23,24). The van der Waals surface area contributed by atoms with Crippen LogP contribution in [0.25, 0.3) is 0 Å². The van der Waals surface area contributed by atoms with Crippen molar-refractivity contribution in [3.63, 3.8) is 0 Å². The summed E-state index contributed by atoms with van der Waals surface area (Å²) in [6.45, 7) is 1.98. The van der Waals surface area contributed by atoms with E-state index in [-0.39, 0.29) is 5.91 Å². The van der Waals surface area contributed by atoms with Crippen LogP contribution in [0.2, 0.25) is 5.02 Å². The number of carbonyl (C=O) groups excluding carboxylic acids is 1. The molecule has 0 unspecified atom stereocenters. The molecule has 3 rings (SSSR count). The van der Waals surface area contributed by atoms with Crippen LogP contribution in [0.15, 0.2) is 53.9 Å². The number of nitrogens with zero attached hydrogens (tertiary/aromatic N) is 1. The number of anilines is 1.